The van der Waals surface area contributed by atoms with Crippen molar-refractivity contribution in [3.05, 3.63) is 41.8 Å². The first-order valence-corrected chi connectivity index (χ1v) is 14.5. The Morgan fingerprint density at radius 3 is 2.22 bits per heavy atom. The lowest BCUT2D eigenvalue weighted by molar-refractivity contribution is -0.120. The second-order valence-corrected chi connectivity index (χ2v) is 13.2. The lowest BCUT2D eigenvalue weighted by Gasteiger charge is -2.30. The topological polar surface area (TPSA) is 104 Å². The zero-order chi connectivity index (χ0) is 22.8. The minimum atomic E-state index is -3.59. The monoisotopic (exact) mass is 497 g/mol. The molecule has 8 nitrogen and oxygen atoms in total. The van der Waals surface area contributed by atoms with Crippen LogP contribution in [0.2, 0.25) is 0 Å². The third-order valence-electron chi connectivity index (χ3n) is 5.92. The second-order valence-electron chi connectivity index (χ2n) is 8.11. The molecule has 1 aromatic heterocycles. The van der Waals surface area contributed by atoms with E-state index in [4.69, 9.17) is 0 Å². The van der Waals surface area contributed by atoms with Crippen LogP contribution in [0.4, 0.5) is 5.69 Å². The van der Waals surface area contributed by atoms with Gasteiger partial charge in [-0.15, -0.1) is 11.3 Å². The third-order valence-corrected chi connectivity index (χ3v) is 11.1. The Kier molecular flexibility index (Phi) is 7.01. The fourth-order valence-corrected chi connectivity index (χ4v) is 8.31. The summed E-state index contributed by atoms with van der Waals surface area (Å²) in [6.45, 7) is 1.60. The van der Waals surface area contributed by atoms with Crippen LogP contribution in [0.15, 0.2) is 50.9 Å². The van der Waals surface area contributed by atoms with Crippen LogP contribution in [-0.4, -0.2) is 57.5 Å². The van der Waals surface area contributed by atoms with Crippen molar-refractivity contribution in [1.82, 2.24) is 8.61 Å². The summed E-state index contributed by atoms with van der Waals surface area (Å²) in [5, 5.41) is 4.53. The van der Waals surface area contributed by atoms with Gasteiger partial charge < -0.3 is 5.32 Å². The van der Waals surface area contributed by atoms with Crippen molar-refractivity contribution in [3.63, 3.8) is 0 Å². The lowest BCUT2D eigenvalue weighted by atomic mass is 9.99. The predicted molar refractivity (Wildman–Crippen MR) is 123 cm³/mol. The van der Waals surface area contributed by atoms with Gasteiger partial charge in [0.15, 0.2) is 0 Å². The van der Waals surface area contributed by atoms with Crippen LogP contribution in [0, 0.1) is 5.92 Å². The van der Waals surface area contributed by atoms with E-state index in [-0.39, 0.29) is 21.6 Å². The summed E-state index contributed by atoms with van der Waals surface area (Å²) in [6.07, 6.45) is 3.99. The highest BCUT2D eigenvalue weighted by Gasteiger charge is 2.34. The Bertz CT molecular complexity index is 1140. The molecule has 1 unspecified atom stereocenters. The SMILES string of the molecule is O=C(Nc1ccc(S(=O)(=O)N2CCCCC2)cc1)C1CCCN(S(=O)(=O)c2cccs2)C1. The second kappa shape index (κ2) is 9.60. The van der Waals surface area contributed by atoms with Gasteiger partial charge in [-0.1, -0.05) is 12.5 Å². The number of amides is 1. The first-order chi connectivity index (χ1) is 15.3. The number of benzene rings is 1. The fourth-order valence-electron chi connectivity index (χ4n) is 4.12. The highest BCUT2D eigenvalue weighted by molar-refractivity contribution is 7.91. The molecule has 2 aliphatic heterocycles. The van der Waals surface area contributed by atoms with Gasteiger partial charge in [0.25, 0.3) is 10.0 Å². The maximum absolute atomic E-state index is 12.8. The van der Waals surface area contributed by atoms with Gasteiger partial charge in [-0.25, -0.2) is 16.8 Å². The molecule has 4 rings (SSSR count). The molecular formula is C21H27N3O5S3. The molecule has 0 radical (unpaired) electrons. The number of piperidine rings is 2. The molecule has 0 aliphatic carbocycles. The summed E-state index contributed by atoms with van der Waals surface area (Å²) >= 11 is 1.17. The molecule has 0 bridgehead atoms. The zero-order valence-corrected chi connectivity index (χ0v) is 20.1. The van der Waals surface area contributed by atoms with E-state index in [0.29, 0.717) is 38.2 Å². The number of rotatable bonds is 6. The van der Waals surface area contributed by atoms with Crippen molar-refractivity contribution in [1.29, 1.82) is 0 Å². The molecule has 2 aliphatic rings. The van der Waals surface area contributed by atoms with Gasteiger partial charge in [0.2, 0.25) is 15.9 Å². The molecule has 32 heavy (non-hydrogen) atoms. The number of nitrogens with zero attached hydrogens (tertiary/aromatic N) is 2. The first-order valence-electron chi connectivity index (χ1n) is 10.7. The Morgan fingerprint density at radius 2 is 1.56 bits per heavy atom. The van der Waals surface area contributed by atoms with Gasteiger partial charge in [-0.3, -0.25) is 4.79 Å². The molecule has 0 saturated carbocycles. The average Bonchev–Trinajstić information content (AvgIpc) is 3.36. The average molecular weight is 498 g/mol. The van der Waals surface area contributed by atoms with Crippen molar-refractivity contribution < 1.29 is 21.6 Å². The summed E-state index contributed by atoms with van der Waals surface area (Å²) in [5.41, 5.74) is 0.492. The van der Waals surface area contributed by atoms with Gasteiger partial charge in [-0.2, -0.15) is 8.61 Å². The molecule has 2 fully saturated rings. The lowest BCUT2D eigenvalue weighted by Crippen LogP contribution is -2.43. The number of nitrogens with one attached hydrogen (secondary N) is 1. The van der Waals surface area contributed by atoms with Crippen LogP contribution in [0.25, 0.3) is 0 Å². The number of thiophene rings is 1. The van der Waals surface area contributed by atoms with Crippen LogP contribution in [0.1, 0.15) is 32.1 Å². The normalized spacial score (nSPS) is 21.3. The highest BCUT2D eigenvalue weighted by atomic mass is 32.2. The van der Waals surface area contributed by atoms with E-state index in [1.54, 1.807) is 29.6 Å². The van der Waals surface area contributed by atoms with E-state index in [2.05, 4.69) is 5.32 Å². The molecule has 1 amide bonds. The van der Waals surface area contributed by atoms with Crippen LogP contribution >= 0.6 is 11.3 Å². The molecule has 1 aromatic carbocycles. The minimum Gasteiger partial charge on any atom is -0.326 e. The van der Waals surface area contributed by atoms with Gasteiger partial charge in [0.1, 0.15) is 4.21 Å². The van der Waals surface area contributed by atoms with E-state index in [1.807, 2.05) is 0 Å². The van der Waals surface area contributed by atoms with Crippen LogP contribution in [0.3, 0.4) is 0 Å². The Hall–Kier alpha value is -1.79. The van der Waals surface area contributed by atoms with Gasteiger partial charge in [-0.05, 0) is 61.4 Å². The van der Waals surface area contributed by atoms with E-state index in [1.165, 1.54) is 32.1 Å². The van der Waals surface area contributed by atoms with Gasteiger partial charge in [0.05, 0.1) is 10.8 Å². The number of sulfonamides is 2. The largest absolute Gasteiger partial charge is 0.326 e. The minimum absolute atomic E-state index is 0.132. The van der Waals surface area contributed by atoms with Crippen molar-refractivity contribution in [2.45, 2.75) is 41.2 Å². The fraction of sp³-hybridized carbons (Fsp3) is 0.476. The van der Waals surface area contributed by atoms with Crippen LogP contribution in [0.5, 0.6) is 0 Å². The number of carbonyl (C=O) groups is 1. The molecular weight excluding hydrogens is 470 g/mol. The quantitative estimate of drug-likeness (QED) is 0.661. The van der Waals surface area contributed by atoms with Crippen molar-refractivity contribution in [2.75, 3.05) is 31.5 Å². The zero-order valence-electron chi connectivity index (χ0n) is 17.6. The third kappa shape index (κ3) is 4.91. The molecule has 2 aromatic rings. The molecule has 0 spiro atoms. The maximum atomic E-state index is 12.8. The molecule has 11 heteroatoms. The smallest absolute Gasteiger partial charge is 0.252 e. The van der Waals surface area contributed by atoms with Gasteiger partial charge >= 0.3 is 0 Å². The summed E-state index contributed by atoms with van der Waals surface area (Å²) < 4.78 is 54.3. The Morgan fingerprint density at radius 1 is 0.875 bits per heavy atom. The molecule has 174 valence electrons. The number of anilines is 1. The van der Waals surface area contributed by atoms with Crippen molar-refractivity contribution in [2.24, 2.45) is 5.92 Å². The summed E-state index contributed by atoms with van der Waals surface area (Å²) in [7, 11) is -7.11. The standard InChI is InChI=1S/C21H27N3O5S3/c25-21(17-6-4-14-24(16-17)32(28,29)20-7-5-15-30-20)22-18-8-10-19(11-9-18)31(26,27)23-12-2-1-3-13-23/h5,7-11,15,17H,1-4,6,12-14,16H2,(H,22,25). The number of hydrogen-bond donors (Lipinski definition) is 1. The Labute approximate surface area is 193 Å². The highest BCUT2D eigenvalue weighted by Crippen LogP contribution is 2.27. The van der Waals surface area contributed by atoms with Crippen LogP contribution in [-0.2, 0) is 24.8 Å². The summed E-state index contributed by atoms with van der Waals surface area (Å²) in [4.78, 5) is 13.0. The summed E-state index contributed by atoms with van der Waals surface area (Å²) in [5.74, 6) is -0.724. The molecule has 1 N–H and O–H groups in total. The van der Waals surface area contributed by atoms with Crippen molar-refractivity contribution in [3.8, 4) is 0 Å². The maximum Gasteiger partial charge on any atom is 0.252 e. The van der Waals surface area contributed by atoms with E-state index >= 15 is 0 Å². The molecule has 3 heterocycles. The van der Waals surface area contributed by atoms with Gasteiger partial charge in [0, 0.05) is 31.9 Å². The molecule has 1 atom stereocenters. The molecule has 2 saturated heterocycles. The Balaban J connectivity index is 1.40. The number of hydrogen-bond acceptors (Lipinski definition) is 6. The predicted octanol–water partition coefficient (Wildman–Crippen LogP) is 2.96. The van der Waals surface area contributed by atoms with E-state index in [0.717, 1.165) is 19.3 Å². The van der Waals surface area contributed by atoms with Crippen molar-refractivity contribution >= 4 is 43.0 Å². The van der Waals surface area contributed by atoms with Crippen LogP contribution < -0.4 is 5.32 Å². The van der Waals surface area contributed by atoms with E-state index < -0.39 is 26.0 Å². The summed E-state index contributed by atoms with van der Waals surface area (Å²) in [6, 6.07) is 9.45. The van der Waals surface area contributed by atoms with E-state index in [9.17, 15) is 21.6 Å². The number of carbonyl (C=O) groups excluding carboxylic acids is 1. The first kappa shape index (κ1) is 23.4.